The Balaban J connectivity index is 2.10. The largest absolute Gasteiger partial charge is 0.506 e. The van der Waals surface area contributed by atoms with Crippen molar-refractivity contribution in [3.05, 3.63) is 36.7 Å². The van der Waals surface area contributed by atoms with Crippen LogP contribution in [0.25, 0.3) is 5.69 Å². The number of nitrogens with zero attached hydrogens (tertiary/aromatic N) is 2. The minimum absolute atomic E-state index is 0.212. The quantitative estimate of drug-likeness (QED) is 0.680. The lowest BCUT2D eigenvalue weighted by molar-refractivity contribution is 0.470. The number of phenols is 1. The summed E-state index contributed by atoms with van der Waals surface area (Å²) in [6.45, 7) is 1.49. The fourth-order valence-corrected chi connectivity index (χ4v) is 1.54. The molecule has 0 saturated carbocycles. The molecule has 5 heteroatoms. The van der Waals surface area contributed by atoms with Gasteiger partial charge in [-0.2, -0.15) is 5.10 Å². The number of rotatable bonds is 5. The van der Waals surface area contributed by atoms with Crippen molar-refractivity contribution < 1.29 is 5.11 Å². The number of aromatic hydroxyl groups is 1. The maximum absolute atomic E-state index is 9.69. The molecule has 2 aromatic rings. The summed E-state index contributed by atoms with van der Waals surface area (Å²) < 4.78 is 1.64. The second-order valence-electron chi connectivity index (χ2n) is 3.73. The van der Waals surface area contributed by atoms with Crippen molar-refractivity contribution in [2.75, 3.05) is 18.4 Å². The second-order valence-corrected chi connectivity index (χ2v) is 3.73. The van der Waals surface area contributed by atoms with Crippen LogP contribution in [0.5, 0.6) is 5.75 Å². The molecule has 1 heterocycles. The van der Waals surface area contributed by atoms with Gasteiger partial charge >= 0.3 is 0 Å². The molecule has 5 nitrogen and oxygen atoms in total. The van der Waals surface area contributed by atoms with Gasteiger partial charge in [-0.25, -0.2) is 4.68 Å². The van der Waals surface area contributed by atoms with Gasteiger partial charge in [-0.05, 0) is 25.1 Å². The van der Waals surface area contributed by atoms with Gasteiger partial charge in [-0.3, -0.25) is 0 Å². The Morgan fingerprint density at radius 1 is 1.35 bits per heavy atom. The lowest BCUT2D eigenvalue weighted by atomic mass is 10.3. The van der Waals surface area contributed by atoms with Crippen molar-refractivity contribution in [2.45, 2.75) is 6.42 Å². The molecule has 1 aromatic carbocycles. The van der Waals surface area contributed by atoms with Gasteiger partial charge in [0, 0.05) is 6.54 Å². The minimum Gasteiger partial charge on any atom is -0.506 e. The molecule has 2 rings (SSSR count). The number of anilines is 1. The Labute approximate surface area is 99.9 Å². The molecule has 0 amide bonds. The smallest absolute Gasteiger partial charge is 0.141 e. The highest BCUT2D eigenvalue weighted by atomic mass is 16.3. The summed E-state index contributed by atoms with van der Waals surface area (Å²) in [6, 6.07) is 7.09. The van der Waals surface area contributed by atoms with Gasteiger partial charge in [0.15, 0.2) is 0 Å². The van der Waals surface area contributed by atoms with E-state index < -0.39 is 0 Å². The average Bonchev–Trinajstić information content (AvgIpc) is 2.79. The van der Waals surface area contributed by atoms with Crippen LogP contribution in [0.3, 0.4) is 0 Å². The van der Waals surface area contributed by atoms with Crippen LogP contribution in [0.15, 0.2) is 36.7 Å². The van der Waals surface area contributed by atoms with Gasteiger partial charge < -0.3 is 16.2 Å². The Kier molecular flexibility index (Phi) is 3.62. The number of para-hydroxylation sites is 2. The van der Waals surface area contributed by atoms with E-state index in [-0.39, 0.29) is 5.75 Å². The number of nitrogens with two attached hydrogens (primary N) is 1. The first kappa shape index (κ1) is 11.5. The molecular formula is C12H16N4O. The van der Waals surface area contributed by atoms with Crippen LogP contribution in [0.1, 0.15) is 6.42 Å². The summed E-state index contributed by atoms with van der Waals surface area (Å²) in [5.41, 5.74) is 7.00. The molecule has 0 atom stereocenters. The van der Waals surface area contributed by atoms with Crippen molar-refractivity contribution in [1.29, 1.82) is 0 Å². The molecule has 90 valence electrons. The van der Waals surface area contributed by atoms with Crippen molar-refractivity contribution in [3.63, 3.8) is 0 Å². The highest BCUT2D eigenvalue weighted by molar-refractivity contribution is 5.48. The van der Waals surface area contributed by atoms with E-state index in [1.165, 1.54) is 0 Å². The zero-order valence-electron chi connectivity index (χ0n) is 9.50. The molecular weight excluding hydrogens is 216 g/mol. The van der Waals surface area contributed by atoms with Crippen molar-refractivity contribution >= 4 is 5.69 Å². The van der Waals surface area contributed by atoms with Crippen LogP contribution in [0.2, 0.25) is 0 Å². The molecule has 0 bridgehead atoms. The zero-order chi connectivity index (χ0) is 12.1. The maximum atomic E-state index is 9.69. The molecule has 0 unspecified atom stereocenters. The highest BCUT2D eigenvalue weighted by Gasteiger charge is 2.04. The van der Waals surface area contributed by atoms with E-state index in [1.54, 1.807) is 23.0 Å². The predicted octanol–water partition coefficient (Wildman–Crippen LogP) is 1.34. The van der Waals surface area contributed by atoms with Crippen molar-refractivity contribution in [2.24, 2.45) is 5.73 Å². The number of hydrogen-bond donors (Lipinski definition) is 3. The lowest BCUT2D eigenvalue weighted by Crippen LogP contribution is -2.07. The Hall–Kier alpha value is -2.01. The highest BCUT2D eigenvalue weighted by Crippen LogP contribution is 2.21. The summed E-state index contributed by atoms with van der Waals surface area (Å²) in [5, 5.41) is 17.1. The summed E-state index contributed by atoms with van der Waals surface area (Å²) in [4.78, 5) is 0. The first-order valence-electron chi connectivity index (χ1n) is 5.58. The van der Waals surface area contributed by atoms with Gasteiger partial charge in [0.1, 0.15) is 11.4 Å². The van der Waals surface area contributed by atoms with E-state index in [0.29, 0.717) is 12.2 Å². The number of aromatic nitrogens is 2. The number of hydrogen-bond acceptors (Lipinski definition) is 4. The van der Waals surface area contributed by atoms with Gasteiger partial charge in [0.05, 0.1) is 18.1 Å². The first-order valence-corrected chi connectivity index (χ1v) is 5.58. The summed E-state index contributed by atoms with van der Waals surface area (Å²) in [6.07, 6.45) is 4.48. The molecule has 0 saturated heterocycles. The summed E-state index contributed by atoms with van der Waals surface area (Å²) in [5.74, 6) is 0.212. The maximum Gasteiger partial charge on any atom is 0.141 e. The third kappa shape index (κ3) is 2.76. The SMILES string of the molecule is NCCCNc1cnn(-c2ccccc2O)c1. The molecule has 0 aliphatic heterocycles. The van der Waals surface area contributed by atoms with Crippen LogP contribution in [-0.4, -0.2) is 28.0 Å². The molecule has 0 spiro atoms. The fraction of sp³-hybridized carbons (Fsp3) is 0.250. The van der Waals surface area contributed by atoms with Crippen LogP contribution < -0.4 is 11.1 Å². The number of phenolic OH excluding ortho intramolecular Hbond substituents is 1. The fourth-order valence-electron chi connectivity index (χ4n) is 1.54. The Bertz CT molecular complexity index is 481. The van der Waals surface area contributed by atoms with E-state index in [2.05, 4.69) is 10.4 Å². The molecule has 0 radical (unpaired) electrons. The number of nitrogens with one attached hydrogen (secondary N) is 1. The third-order valence-corrected chi connectivity index (χ3v) is 2.42. The van der Waals surface area contributed by atoms with Crippen LogP contribution in [-0.2, 0) is 0 Å². The topological polar surface area (TPSA) is 76.1 Å². The zero-order valence-corrected chi connectivity index (χ0v) is 9.50. The van der Waals surface area contributed by atoms with E-state index in [0.717, 1.165) is 18.7 Å². The van der Waals surface area contributed by atoms with Gasteiger partial charge in [0.2, 0.25) is 0 Å². The first-order chi connectivity index (χ1) is 8.31. The van der Waals surface area contributed by atoms with E-state index >= 15 is 0 Å². The molecule has 17 heavy (non-hydrogen) atoms. The Morgan fingerprint density at radius 3 is 2.94 bits per heavy atom. The van der Waals surface area contributed by atoms with E-state index in [4.69, 9.17) is 5.73 Å². The van der Waals surface area contributed by atoms with Crippen molar-refractivity contribution in [3.8, 4) is 11.4 Å². The average molecular weight is 232 g/mol. The van der Waals surface area contributed by atoms with Crippen LogP contribution in [0, 0.1) is 0 Å². The van der Waals surface area contributed by atoms with Gasteiger partial charge in [-0.1, -0.05) is 12.1 Å². The van der Waals surface area contributed by atoms with Crippen LogP contribution >= 0.6 is 0 Å². The molecule has 4 N–H and O–H groups in total. The van der Waals surface area contributed by atoms with Crippen molar-refractivity contribution in [1.82, 2.24) is 9.78 Å². The molecule has 0 aliphatic rings. The second kappa shape index (κ2) is 5.36. The van der Waals surface area contributed by atoms with E-state index in [9.17, 15) is 5.11 Å². The molecule has 0 fully saturated rings. The summed E-state index contributed by atoms with van der Waals surface area (Å²) >= 11 is 0. The van der Waals surface area contributed by atoms with E-state index in [1.807, 2.05) is 18.3 Å². The molecule has 1 aromatic heterocycles. The van der Waals surface area contributed by atoms with Gasteiger partial charge in [0.25, 0.3) is 0 Å². The number of benzene rings is 1. The monoisotopic (exact) mass is 232 g/mol. The standard InChI is InChI=1S/C12H16N4O/c13-6-3-7-14-10-8-15-16(9-10)11-4-1-2-5-12(11)17/h1-2,4-5,8-9,14,17H,3,6-7,13H2. The normalized spacial score (nSPS) is 10.4. The summed E-state index contributed by atoms with van der Waals surface area (Å²) in [7, 11) is 0. The van der Waals surface area contributed by atoms with Crippen LogP contribution in [0.4, 0.5) is 5.69 Å². The van der Waals surface area contributed by atoms with Gasteiger partial charge in [-0.15, -0.1) is 0 Å². The predicted molar refractivity (Wildman–Crippen MR) is 67.4 cm³/mol. The molecule has 0 aliphatic carbocycles. The third-order valence-electron chi connectivity index (χ3n) is 2.42. The minimum atomic E-state index is 0.212. The lowest BCUT2D eigenvalue weighted by Gasteiger charge is -2.03. The Morgan fingerprint density at radius 2 is 2.18 bits per heavy atom.